The molecule has 0 radical (unpaired) electrons. The zero-order valence-electron chi connectivity index (χ0n) is 15.0. The van der Waals surface area contributed by atoms with E-state index in [1.54, 1.807) is 0 Å². The smallest absolute Gasteiger partial charge is 0.234 e. The molecule has 27 heavy (non-hydrogen) atoms. The molecule has 1 aromatic carbocycles. The van der Waals surface area contributed by atoms with Gasteiger partial charge in [-0.25, -0.2) is 0 Å². The van der Waals surface area contributed by atoms with Crippen molar-refractivity contribution in [2.24, 2.45) is 0 Å². The molecular formula is C20H19N3O2S2. The lowest BCUT2D eigenvalue weighted by Gasteiger charge is -2.23. The van der Waals surface area contributed by atoms with Crippen LogP contribution in [-0.2, 0) is 9.59 Å². The Morgan fingerprint density at radius 1 is 1.37 bits per heavy atom. The number of aryl methyl sites for hydroxylation is 2. The van der Waals surface area contributed by atoms with Crippen LogP contribution in [0.2, 0.25) is 0 Å². The lowest BCUT2D eigenvalue weighted by Crippen LogP contribution is -2.31. The number of nitrogens with zero attached hydrogens (tertiary/aromatic N) is 1. The van der Waals surface area contributed by atoms with E-state index in [0.29, 0.717) is 10.6 Å². The molecule has 0 fully saturated rings. The van der Waals surface area contributed by atoms with Crippen LogP contribution in [0.1, 0.15) is 28.3 Å². The minimum atomic E-state index is -0.242. The number of benzene rings is 1. The van der Waals surface area contributed by atoms with Gasteiger partial charge in [-0.15, -0.1) is 11.3 Å². The molecule has 138 valence electrons. The van der Waals surface area contributed by atoms with Gasteiger partial charge in [0.25, 0.3) is 0 Å². The van der Waals surface area contributed by atoms with Crippen LogP contribution in [0.15, 0.2) is 46.3 Å². The van der Waals surface area contributed by atoms with Gasteiger partial charge in [0.15, 0.2) is 0 Å². The first kappa shape index (κ1) is 19.2. The second-order valence-corrected chi connectivity index (χ2v) is 8.35. The Morgan fingerprint density at radius 2 is 2.11 bits per heavy atom. The standard InChI is InChI=1S/C20H19N3O2S2/c1-12-6-13(2)8-14(7-12)22-19(25)11-27-20-16(10-21)15(9-18(24)23-20)17-4-3-5-26-17/h3-8,15H,9,11H2,1-2H3,(H,22,25)(H,23,24)/t15-/m0/s1. The third kappa shape index (κ3) is 4.79. The molecule has 0 saturated heterocycles. The number of nitrogens with one attached hydrogen (secondary N) is 2. The van der Waals surface area contributed by atoms with Crippen molar-refractivity contribution in [2.75, 3.05) is 11.1 Å². The molecule has 2 aromatic rings. The Labute approximate surface area is 166 Å². The molecule has 0 saturated carbocycles. The van der Waals surface area contributed by atoms with Gasteiger partial charge in [0.05, 0.1) is 22.4 Å². The third-order valence-electron chi connectivity index (χ3n) is 4.10. The number of hydrogen-bond donors (Lipinski definition) is 2. The van der Waals surface area contributed by atoms with Gasteiger partial charge in [-0.1, -0.05) is 23.9 Å². The second kappa shape index (κ2) is 8.42. The predicted molar refractivity (Wildman–Crippen MR) is 109 cm³/mol. The molecule has 2 amide bonds. The zero-order valence-corrected chi connectivity index (χ0v) is 16.7. The number of carbonyl (C=O) groups is 2. The monoisotopic (exact) mass is 397 g/mol. The summed E-state index contributed by atoms with van der Waals surface area (Å²) in [6.45, 7) is 3.95. The number of allylic oxidation sites excluding steroid dienone is 1. The van der Waals surface area contributed by atoms with E-state index in [1.165, 1.54) is 23.1 Å². The van der Waals surface area contributed by atoms with E-state index < -0.39 is 0 Å². The summed E-state index contributed by atoms with van der Waals surface area (Å²) < 4.78 is 0. The van der Waals surface area contributed by atoms with Crippen molar-refractivity contribution < 1.29 is 9.59 Å². The van der Waals surface area contributed by atoms with Crippen LogP contribution in [0.3, 0.4) is 0 Å². The summed E-state index contributed by atoms with van der Waals surface area (Å²) >= 11 is 2.72. The number of nitriles is 1. The van der Waals surface area contributed by atoms with E-state index in [2.05, 4.69) is 16.7 Å². The van der Waals surface area contributed by atoms with Gasteiger partial charge < -0.3 is 10.6 Å². The molecule has 3 rings (SSSR count). The molecule has 0 aliphatic carbocycles. The Hall–Kier alpha value is -2.56. The molecule has 1 aliphatic heterocycles. The molecule has 5 nitrogen and oxygen atoms in total. The number of thioether (sulfide) groups is 1. The number of amides is 2. The van der Waals surface area contributed by atoms with Gasteiger partial charge in [-0.3, -0.25) is 9.59 Å². The van der Waals surface area contributed by atoms with Crippen LogP contribution in [-0.4, -0.2) is 17.6 Å². The SMILES string of the molecule is Cc1cc(C)cc(NC(=O)CSC2=C(C#N)[C@@H](c3cccs3)CC(=O)N2)c1. The number of thiophene rings is 1. The maximum atomic E-state index is 12.3. The molecule has 2 heterocycles. The summed E-state index contributed by atoms with van der Waals surface area (Å²) in [5.41, 5.74) is 3.41. The largest absolute Gasteiger partial charge is 0.325 e. The average Bonchev–Trinajstić information content (AvgIpc) is 3.13. The summed E-state index contributed by atoms with van der Waals surface area (Å²) in [5.74, 6) is -0.439. The van der Waals surface area contributed by atoms with Gasteiger partial charge in [-0.05, 0) is 48.6 Å². The molecule has 1 atom stereocenters. The number of hydrogen-bond acceptors (Lipinski definition) is 5. The molecular weight excluding hydrogens is 378 g/mol. The second-order valence-electron chi connectivity index (χ2n) is 6.39. The highest BCUT2D eigenvalue weighted by Crippen LogP contribution is 2.37. The predicted octanol–water partition coefficient (Wildman–Crippen LogP) is 4.08. The average molecular weight is 398 g/mol. The Bertz CT molecular complexity index is 922. The quantitative estimate of drug-likeness (QED) is 0.797. The van der Waals surface area contributed by atoms with Crippen molar-refractivity contribution in [3.05, 3.63) is 62.3 Å². The van der Waals surface area contributed by atoms with Crippen LogP contribution >= 0.6 is 23.1 Å². The molecule has 0 bridgehead atoms. The maximum Gasteiger partial charge on any atom is 0.234 e. The van der Waals surface area contributed by atoms with Crippen molar-refractivity contribution in [2.45, 2.75) is 26.2 Å². The minimum absolute atomic E-state index is 0.116. The van der Waals surface area contributed by atoms with Crippen LogP contribution in [0.25, 0.3) is 0 Å². The van der Waals surface area contributed by atoms with Gasteiger partial charge >= 0.3 is 0 Å². The summed E-state index contributed by atoms with van der Waals surface area (Å²) in [7, 11) is 0. The topological polar surface area (TPSA) is 82.0 Å². The maximum absolute atomic E-state index is 12.3. The molecule has 1 aromatic heterocycles. The van der Waals surface area contributed by atoms with Crippen LogP contribution in [0.5, 0.6) is 0 Å². The molecule has 7 heteroatoms. The summed E-state index contributed by atoms with van der Waals surface area (Å²) in [6.07, 6.45) is 0.252. The zero-order chi connectivity index (χ0) is 19.4. The molecule has 0 unspecified atom stereocenters. The molecule has 2 N–H and O–H groups in total. The summed E-state index contributed by atoms with van der Waals surface area (Å²) in [6, 6.07) is 11.9. The Balaban J connectivity index is 1.72. The van der Waals surface area contributed by atoms with E-state index in [9.17, 15) is 14.9 Å². The lowest BCUT2D eigenvalue weighted by atomic mass is 9.93. The van der Waals surface area contributed by atoms with Crippen molar-refractivity contribution in [3.8, 4) is 6.07 Å². The third-order valence-corrected chi connectivity index (χ3v) is 6.10. The van der Waals surface area contributed by atoms with E-state index in [-0.39, 0.29) is 29.9 Å². The van der Waals surface area contributed by atoms with Crippen LogP contribution < -0.4 is 10.6 Å². The van der Waals surface area contributed by atoms with Crippen molar-refractivity contribution in [1.82, 2.24) is 5.32 Å². The fraction of sp³-hybridized carbons (Fsp3) is 0.250. The van der Waals surface area contributed by atoms with Gasteiger partial charge in [0.1, 0.15) is 0 Å². The highest BCUT2D eigenvalue weighted by molar-refractivity contribution is 8.03. The summed E-state index contributed by atoms with van der Waals surface area (Å²) in [5, 5.41) is 17.6. The molecule has 0 spiro atoms. The van der Waals surface area contributed by atoms with Gasteiger partial charge in [0.2, 0.25) is 11.8 Å². The highest BCUT2D eigenvalue weighted by Gasteiger charge is 2.30. The molecule has 1 aliphatic rings. The first-order chi connectivity index (χ1) is 13.0. The van der Waals surface area contributed by atoms with E-state index in [1.807, 2.05) is 49.6 Å². The first-order valence-electron chi connectivity index (χ1n) is 8.44. The van der Waals surface area contributed by atoms with Crippen molar-refractivity contribution in [1.29, 1.82) is 5.26 Å². The number of anilines is 1. The van der Waals surface area contributed by atoms with E-state index in [4.69, 9.17) is 0 Å². The van der Waals surface area contributed by atoms with Crippen molar-refractivity contribution >= 4 is 40.6 Å². The van der Waals surface area contributed by atoms with E-state index in [0.717, 1.165) is 21.7 Å². The van der Waals surface area contributed by atoms with Gasteiger partial charge in [-0.2, -0.15) is 5.26 Å². The first-order valence-corrected chi connectivity index (χ1v) is 10.3. The fourth-order valence-electron chi connectivity index (χ4n) is 3.05. The highest BCUT2D eigenvalue weighted by atomic mass is 32.2. The minimum Gasteiger partial charge on any atom is -0.325 e. The number of rotatable bonds is 5. The number of carbonyl (C=O) groups excluding carboxylic acids is 2. The Kier molecular flexibility index (Phi) is 5.99. The normalized spacial score (nSPS) is 16.6. The van der Waals surface area contributed by atoms with Crippen LogP contribution in [0, 0.1) is 25.2 Å². The van der Waals surface area contributed by atoms with Gasteiger partial charge in [0, 0.05) is 22.9 Å². The lowest BCUT2D eigenvalue weighted by molar-refractivity contribution is -0.121. The van der Waals surface area contributed by atoms with Crippen molar-refractivity contribution in [3.63, 3.8) is 0 Å². The fourth-order valence-corrected chi connectivity index (χ4v) is 4.76. The Morgan fingerprint density at radius 3 is 2.74 bits per heavy atom. The van der Waals surface area contributed by atoms with E-state index >= 15 is 0 Å². The summed E-state index contributed by atoms with van der Waals surface area (Å²) in [4.78, 5) is 25.4. The van der Waals surface area contributed by atoms with Crippen LogP contribution in [0.4, 0.5) is 5.69 Å².